The van der Waals surface area contributed by atoms with Gasteiger partial charge in [0.15, 0.2) is 5.82 Å². The molecule has 0 radical (unpaired) electrons. The second-order valence-electron chi connectivity index (χ2n) is 8.15. The molecule has 1 aliphatic heterocycles. The number of hydrogen-bond acceptors (Lipinski definition) is 6. The van der Waals surface area contributed by atoms with Crippen molar-refractivity contribution in [2.75, 3.05) is 24.6 Å². The Hall–Kier alpha value is -3.06. The van der Waals surface area contributed by atoms with E-state index in [0.29, 0.717) is 19.7 Å². The Bertz CT molecular complexity index is 1090. The van der Waals surface area contributed by atoms with E-state index in [2.05, 4.69) is 51.4 Å². The molecule has 1 N–H and O–H groups in total. The third kappa shape index (κ3) is 6.05. The van der Waals surface area contributed by atoms with Gasteiger partial charge in [0.1, 0.15) is 10.8 Å². The van der Waals surface area contributed by atoms with Crippen LogP contribution in [-0.2, 0) is 11.3 Å². The predicted molar refractivity (Wildman–Crippen MR) is 132 cm³/mol. The van der Waals surface area contributed by atoms with Crippen LogP contribution in [0.15, 0.2) is 70.8 Å². The predicted octanol–water partition coefficient (Wildman–Crippen LogP) is 4.87. The number of carbonyl (C=O) groups is 1. The maximum absolute atomic E-state index is 13.0. The van der Waals surface area contributed by atoms with Crippen LogP contribution in [0.2, 0.25) is 0 Å². The van der Waals surface area contributed by atoms with E-state index >= 15 is 0 Å². The number of ether oxygens (including phenoxy) is 1. The Morgan fingerprint density at radius 3 is 2.88 bits per heavy atom. The minimum absolute atomic E-state index is 0.0720. The number of amides is 1. The third-order valence-corrected chi connectivity index (χ3v) is 6.64. The van der Waals surface area contributed by atoms with Crippen LogP contribution in [0.1, 0.15) is 30.9 Å². The molecular formula is C26H30N4O2S. The fourth-order valence-electron chi connectivity index (χ4n) is 4.05. The quantitative estimate of drug-likeness (QED) is 0.515. The summed E-state index contributed by atoms with van der Waals surface area (Å²) in [6.07, 6.45) is 5.27. The van der Waals surface area contributed by atoms with E-state index in [4.69, 9.17) is 4.74 Å². The van der Waals surface area contributed by atoms with Crippen molar-refractivity contribution in [1.29, 1.82) is 0 Å². The molecule has 1 fully saturated rings. The smallest absolute Gasteiger partial charge is 0.225 e. The van der Waals surface area contributed by atoms with Crippen molar-refractivity contribution in [1.82, 2.24) is 15.3 Å². The average Bonchev–Trinajstić information content (AvgIpc) is 2.84. The number of nitrogens with zero attached hydrogens (tertiary/aromatic N) is 3. The number of carbonyl (C=O) groups excluding carboxylic acids is 1. The highest BCUT2D eigenvalue weighted by Gasteiger charge is 2.28. The summed E-state index contributed by atoms with van der Waals surface area (Å²) in [6, 6.07) is 16.2. The minimum atomic E-state index is -0.0863. The van der Waals surface area contributed by atoms with E-state index in [9.17, 15) is 4.79 Å². The first-order chi connectivity index (χ1) is 16.1. The van der Waals surface area contributed by atoms with Crippen molar-refractivity contribution >= 4 is 23.5 Å². The van der Waals surface area contributed by atoms with Crippen molar-refractivity contribution in [3.05, 3.63) is 72.1 Å². The second-order valence-corrected chi connectivity index (χ2v) is 9.21. The standard InChI is InChI=1S/C26H30N4O2S/c1-3-32-23-12-5-4-9-20(23)17-29-25(31)21-10-7-15-30(18-21)24-26(28-14-13-27-24)33-22-11-6-8-19(2)16-22/h4-6,8-9,11-14,16,21H,3,7,10,15,17-18H2,1-2H3,(H,29,31)/t21-/m0/s1. The van der Waals surface area contributed by atoms with Crippen LogP contribution in [0.5, 0.6) is 5.75 Å². The van der Waals surface area contributed by atoms with Crippen molar-refractivity contribution in [3.63, 3.8) is 0 Å². The molecular weight excluding hydrogens is 432 g/mol. The molecule has 172 valence electrons. The Morgan fingerprint density at radius 2 is 2.03 bits per heavy atom. The number of nitrogens with one attached hydrogen (secondary N) is 1. The van der Waals surface area contributed by atoms with Gasteiger partial charge in [-0.15, -0.1) is 0 Å². The van der Waals surface area contributed by atoms with Crippen LogP contribution in [0.3, 0.4) is 0 Å². The number of anilines is 1. The Balaban J connectivity index is 1.42. The highest BCUT2D eigenvalue weighted by Crippen LogP contribution is 2.34. The van der Waals surface area contributed by atoms with Gasteiger partial charge in [-0.1, -0.05) is 47.7 Å². The zero-order valence-corrected chi connectivity index (χ0v) is 20.0. The van der Waals surface area contributed by atoms with Gasteiger partial charge in [0.25, 0.3) is 0 Å². The molecule has 3 aromatic rings. The van der Waals surface area contributed by atoms with Crippen LogP contribution >= 0.6 is 11.8 Å². The normalized spacial score (nSPS) is 15.8. The number of piperidine rings is 1. The molecule has 1 aliphatic rings. The average molecular weight is 463 g/mol. The molecule has 0 aliphatic carbocycles. The lowest BCUT2D eigenvalue weighted by atomic mass is 9.97. The molecule has 2 heterocycles. The van der Waals surface area contributed by atoms with Gasteiger partial charge in [0, 0.05) is 42.5 Å². The maximum atomic E-state index is 13.0. The first-order valence-electron chi connectivity index (χ1n) is 11.4. The van der Waals surface area contributed by atoms with Crippen LogP contribution in [-0.4, -0.2) is 35.6 Å². The van der Waals surface area contributed by atoms with E-state index in [1.807, 2.05) is 31.2 Å². The molecule has 0 unspecified atom stereocenters. The number of rotatable bonds is 8. The molecule has 0 bridgehead atoms. The molecule has 7 heteroatoms. The second kappa shape index (κ2) is 11.2. The third-order valence-electron chi connectivity index (χ3n) is 5.67. The van der Waals surface area contributed by atoms with Crippen molar-refractivity contribution < 1.29 is 9.53 Å². The molecule has 1 atom stereocenters. The van der Waals surface area contributed by atoms with Gasteiger partial charge in [-0.2, -0.15) is 0 Å². The number of hydrogen-bond donors (Lipinski definition) is 1. The number of benzene rings is 2. The summed E-state index contributed by atoms with van der Waals surface area (Å²) in [5.74, 6) is 1.66. The molecule has 0 spiro atoms. The summed E-state index contributed by atoms with van der Waals surface area (Å²) in [7, 11) is 0. The van der Waals surface area contributed by atoms with Crippen LogP contribution < -0.4 is 15.0 Å². The van der Waals surface area contributed by atoms with Crippen molar-refractivity contribution in [3.8, 4) is 5.75 Å². The molecule has 33 heavy (non-hydrogen) atoms. The first-order valence-corrected chi connectivity index (χ1v) is 12.2. The van der Waals surface area contributed by atoms with Gasteiger partial charge in [0.2, 0.25) is 5.91 Å². The summed E-state index contributed by atoms with van der Waals surface area (Å²) in [5, 5.41) is 3.98. The highest BCUT2D eigenvalue weighted by molar-refractivity contribution is 7.99. The first kappa shape index (κ1) is 23.1. The SMILES string of the molecule is CCOc1ccccc1CNC(=O)[C@H]1CCCN(c2nccnc2Sc2cccc(C)c2)C1. The zero-order valence-electron chi connectivity index (χ0n) is 19.2. The fraction of sp³-hybridized carbons (Fsp3) is 0.346. The van der Waals surface area contributed by atoms with Crippen molar-refractivity contribution in [2.45, 2.75) is 43.2 Å². The van der Waals surface area contributed by atoms with Crippen molar-refractivity contribution in [2.24, 2.45) is 5.92 Å². The highest BCUT2D eigenvalue weighted by atomic mass is 32.2. The molecule has 0 saturated carbocycles. The maximum Gasteiger partial charge on any atom is 0.225 e. The van der Waals surface area contributed by atoms with E-state index in [0.717, 1.165) is 46.4 Å². The van der Waals surface area contributed by atoms with Gasteiger partial charge in [-0.25, -0.2) is 9.97 Å². The van der Waals surface area contributed by atoms with Gasteiger partial charge in [-0.3, -0.25) is 4.79 Å². The summed E-state index contributed by atoms with van der Waals surface area (Å²) in [5.41, 5.74) is 2.21. The summed E-state index contributed by atoms with van der Waals surface area (Å²) < 4.78 is 5.68. The van der Waals surface area contributed by atoms with Gasteiger partial charge in [-0.05, 0) is 44.9 Å². The molecule has 1 saturated heterocycles. The number of para-hydroxylation sites is 1. The van der Waals surface area contributed by atoms with Gasteiger partial charge in [0.05, 0.1) is 12.5 Å². The minimum Gasteiger partial charge on any atom is -0.494 e. The largest absolute Gasteiger partial charge is 0.494 e. The van der Waals surface area contributed by atoms with Gasteiger partial charge >= 0.3 is 0 Å². The lowest BCUT2D eigenvalue weighted by Crippen LogP contribution is -2.43. The monoisotopic (exact) mass is 462 g/mol. The Labute approximate surface area is 199 Å². The topological polar surface area (TPSA) is 67.3 Å². The summed E-state index contributed by atoms with van der Waals surface area (Å²) in [6.45, 7) is 6.62. The fourth-order valence-corrected chi connectivity index (χ4v) is 5.06. The van der Waals surface area contributed by atoms with E-state index in [-0.39, 0.29) is 11.8 Å². The summed E-state index contributed by atoms with van der Waals surface area (Å²) in [4.78, 5) is 25.6. The lowest BCUT2D eigenvalue weighted by molar-refractivity contribution is -0.125. The van der Waals surface area contributed by atoms with Gasteiger partial charge < -0.3 is 15.0 Å². The summed E-state index contributed by atoms with van der Waals surface area (Å²) >= 11 is 1.62. The number of aromatic nitrogens is 2. The molecule has 1 aromatic heterocycles. The van der Waals surface area contributed by atoms with E-state index < -0.39 is 0 Å². The Morgan fingerprint density at radius 1 is 1.18 bits per heavy atom. The van der Waals surface area contributed by atoms with Crippen LogP contribution in [0.25, 0.3) is 0 Å². The lowest BCUT2D eigenvalue weighted by Gasteiger charge is -2.33. The van der Waals surface area contributed by atoms with E-state index in [1.165, 1.54) is 5.56 Å². The van der Waals surface area contributed by atoms with Crippen LogP contribution in [0, 0.1) is 12.8 Å². The molecule has 1 amide bonds. The van der Waals surface area contributed by atoms with E-state index in [1.54, 1.807) is 24.2 Å². The molecule has 2 aromatic carbocycles. The number of aryl methyl sites for hydroxylation is 1. The molecule has 4 rings (SSSR count). The van der Waals surface area contributed by atoms with Crippen LogP contribution in [0.4, 0.5) is 5.82 Å². The Kier molecular flexibility index (Phi) is 7.83. The molecule has 6 nitrogen and oxygen atoms in total. The zero-order chi connectivity index (χ0) is 23.0.